The summed E-state index contributed by atoms with van der Waals surface area (Å²) in [5.41, 5.74) is 6.30. The van der Waals surface area contributed by atoms with Crippen molar-refractivity contribution in [2.45, 2.75) is 20.4 Å². The van der Waals surface area contributed by atoms with Crippen molar-refractivity contribution in [2.24, 2.45) is 10.2 Å². The summed E-state index contributed by atoms with van der Waals surface area (Å²) in [6.07, 6.45) is 0. The Morgan fingerprint density at radius 3 is 2.62 bits per heavy atom. The fourth-order valence-corrected chi connectivity index (χ4v) is 4.01. The van der Waals surface area contributed by atoms with E-state index in [1.165, 1.54) is 11.1 Å². The third kappa shape index (κ3) is 4.24. The Labute approximate surface area is 187 Å². The fourth-order valence-electron chi connectivity index (χ4n) is 4.01. The second-order valence-corrected chi connectivity index (χ2v) is 8.08. The van der Waals surface area contributed by atoms with Gasteiger partial charge < -0.3 is 9.64 Å². The number of aryl methyl sites for hydroxylation is 2. The van der Waals surface area contributed by atoms with Gasteiger partial charge in [0.1, 0.15) is 5.82 Å². The number of hydrogen-bond acceptors (Lipinski definition) is 6. The minimum absolute atomic E-state index is 0.523. The van der Waals surface area contributed by atoms with E-state index in [0.29, 0.717) is 25.6 Å². The summed E-state index contributed by atoms with van der Waals surface area (Å²) in [5.74, 6) is 1.55. The third-order valence-corrected chi connectivity index (χ3v) is 5.66. The second kappa shape index (κ2) is 8.88. The lowest BCUT2D eigenvalue weighted by molar-refractivity contribution is 0.122. The highest BCUT2D eigenvalue weighted by atomic mass is 16.5. The van der Waals surface area contributed by atoms with Gasteiger partial charge in [0.15, 0.2) is 11.5 Å². The van der Waals surface area contributed by atoms with Crippen molar-refractivity contribution >= 4 is 17.3 Å². The van der Waals surface area contributed by atoms with Crippen LogP contribution in [0.5, 0.6) is 0 Å². The van der Waals surface area contributed by atoms with Gasteiger partial charge in [0.2, 0.25) is 0 Å². The van der Waals surface area contributed by atoms with Gasteiger partial charge in [-0.15, -0.1) is 5.11 Å². The molecule has 0 saturated carbocycles. The Hall–Kier alpha value is -3.58. The van der Waals surface area contributed by atoms with Gasteiger partial charge in [-0.1, -0.05) is 54.1 Å². The molecule has 4 aromatic rings. The first-order valence-electron chi connectivity index (χ1n) is 10.9. The van der Waals surface area contributed by atoms with Crippen LogP contribution in [0, 0.1) is 13.8 Å². The number of anilines is 1. The van der Waals surface area contributed by atoms with Crippen LogP contribution in [0.1, 0.15) is 16.7 Å². The van der Waals surface area contributed by atoms with Crippen LogP contribution in [0.15, 0.2) is 70.9 Å². The summed E-state index contributed by atoms with van der Waals surface area (Å²) in [7, 11) is 0. The molecule has 0 radical (unpaired) electrons. The Balaban J connectivity index is 1.53. The lowest BCUT2D eigenvalue weighted by Crippen LogP contribution is -2.37. The molecule has 0 atom stereocenters. The summed E-state index contributed by atoms with van der Waals surface area (Å²) < 4.78 is 7.46. The van der Waals surface area contributed by atoms with Gasteiger partial charge >= 0.3 is 0 Å². The number of azo groups is 1. The van der Waals surface area contributed by atoms with Crippen LogP contribution in [0.2, 0.25) is 0 Å². The Bertz CT molecular complexity index is 1270. The van der Waals surface area contributed by atoms with Crippen molar-refractivity contribution in [1.29, 1.82) is 0 Å². The van der Waals surface area contributed by atoms with Crippen molar-refractivity contribution in [1.82, 2.24) is 14.6 Å². The van der Waals surface area contributed by atoms with Crippen LogP contribution in [0.25, 0.3) is 16.9 Å². The lowest BCUT2D eigenvalue weighted by atomic mass is 10.1. The molecule has 0 aliphatic carbocycles. The molecule has 7 nitrogen and oxygen atoms in total. The molecule has 2 aromatic heterocycles. The van der Waals surface area contributed by atoms with Crippen molar-refractivity contribution in [3.63, 3.8) is 0 Å². The maximum absolute atomic E-state index is 5.55. The number of nitrogens with zero attached hydrogens (tertiary/aromatic N) is 6. The van der Waals surface area contributed by atoms with Crippen LogP contribution in [-0.4, -0.2) is 40.9 Å². The first-order valence-corrected chi connectivity index (χ1v) is 10.9. The highest BCUT2D eigenvalue weighted by Crippen LogP contribution is 2.28. The van der Waals surface area contributed by atoms with Gasteiger partial charge in [0.25, 0.3) is 0 Å². The SMILES string of the molecule is Cc1cccc(CN=Nc2cc(N3CCOCC3)n3nc(-c4ccccc4C)cc3n2)c1. The van der Waals surface area contributed by atoms with E-state index in [1.807, 2.05) is 34.8 Å². The fraction of sp³-hybridized carbons (Fsp3) is 0.280. The maximum atomic E-state index is 5.55. The van der Waals surface area contributed by atoms with Crippen LogP contribution in [0.3, 0.4) is 0 Å². The van der Waals surface area contributed by atoms with E-state index in [-0.39, 0.29) is 0 Å². The van der Waals surface area contributed by atoms with Crippen molar-refractivity contribution < 1.29 is 4.74 Å². The second-order valence-electron chi connectivity index (χ2n) is 8.08. The highest BCUT2D eigenvalue weighted by molar-refractivity contribution is 5.69. The molecule has 32 heavy (non-hydrogen) atoms. The zero-order valence-corrected chi connectivity index (χ0v) is 18.4. The monoisotopic (exact) mass is 426 g/mol. The van der Waals surface area contributed by atoms with Crippen LogP contribution in [-0.2, 0) is 11.3 Å². The first-order chi connectivity index (χ1) is 15.7. The molecule has 162 valence electrons. The Morgan fingerprint density at radius 1 is 0.969 bits per heavy atom. The number of morpholine rings is 1. The first kappa shape index (κ1) is 20.3. The molecule has 5 rings (SSSR count). The van der Waals surface area contributed by atoms with E-state index in [1.54, 1.807) is 0 Å². The molecule has 0 amide bonds. The Morgan fingerprint density at radius 2 is 1.81 bits per heavy atom. The minimum atomic E-state index is 0.523. The molecule has 1 aliphatic rings. The average molecular weight is 427 g/mol. The molecule has 1 aliphatic heterocycles. The summed E-state index contributed by atoms with van der Waals surface area (Å²) in [6, 6.07) is 20.6. The number of ether oxygens (including phenoxy) is 1. The molecule has 0 spiro atoms. The summed E-state index contributed by atoms with van der Waals surface area (Å²) in [5, 5.41) is 13.8. The molecule has 0 bridgehead atoms. The summed E-state index contributed by atoms with van der Waals surface area (Å²) in [4.78, 5) is 7.01. The normalized spacial score (nSPS) is 14.5. The maximum Gasteiger partial charge on any atom is 0.179 e. The molecular weight excluding hydrogens is 400 g/mol. The van der Waals surface area contributed by atoms with E-state index in [2.05, 4.69) is 59.3 Å². The van der Waals surface area contributed by atoms with Crippen LogP contribution >= 0.6 is 0 Å². The zero-order chi connectivity index (χ0) is 21.9. The van der Waals surface area contributed by atoms with E-state index < -0.39 is 0 Å². The lowest BCUT2D eigenvalue weighted by Gasteiger charge is -2.28. The highest BCUT2D eigenvalue weighted by Gasteiger charge is 2.18. The minimum Gasteiger partial charge on any atom is -0.378 e. The standard InChI is InChI=1S/C25H26N6O/c1-18-6-5-8-20(14-18)17-26-28-23-16-25(30-10-12-32-13-11-30)31-24(27-23)15-22(29-31)21-9-4-3-7-19(21)2/h3-9,14-16H,10-13,17H2,1-2H3. The van der Waals surface area contributed by atoms with Crippen molar-refractivity contribution in [2.75, 3.05) is 31.2 Å². The predicted molar refractivity (Wildman–Crippen MR) is 126 cm³/mol. The van der Waals surface area contributed by atoms with Gasteiger partial charge in [-0.3, -0.25) is 0 Å². The van der Waals surface area contributed by atoms with Gasteiger partial charge in [0, 0.05) is 30.8 Å². The van der Waals surface area contributed by atoms with E-state index in [9.17, 15) is 0 Å². The summed E-state index contributed by atoms with van der Waals surface area (Å²) >= 11 is 0. The predicted octanol–water partition coefficient (Wildman–Crippen LogP) is 5.13. The smallest absolute Gasteiger partial charge is 0.179 e. The van der Waals surface area contributed by atoms with E-state index in [0.717, 1.165) is 41.4 Å². The number of hydrogen-bond donors (Lipinski definition) is 0. The molecular formula is C25H26N6O. The quantitative estimate of drug-likeness (QED) is 0.415. The third-order valence-electron chi connectivity index (χ3n) is 5.66. The van der Waals surface area contributed by atoms with Gasteiger partial charge in [-0.25, -0.2) is 4.98 Å². The van der Waals surface area contributed by atoms with Crippen LogP contribution in [0.4, 0.5) is 11.6 Å². The average Bonchev–Trinajstić information content (AvgIpc) is 3.23. The number of benzene rings is 2. The van der Waals surface area contributed by atoms with Gasteiger partial charge in [-0.05, 0) is 25.0 Å². The van der Waals surface area contributed by atoms with Crippen molar-refractivity contribution in [3.05, 3.63) is 77.4 Å². The number of fused-ring (bicyclic) bond motifs is 1. The molecule has 2 aromatic carbocycles. The largest absolute Gasteiger partial charge is 0.378 e. The molecule has 0 N–H and O–H groups in total. The Kier molecular flexibility index (Phi) is 5.64. The summed E-state index contributed by atoms with van der Waals surface area (Å²) in [6.45, 7) is 7.70. The van der Waals surface area contributed by atoms with Gasteiger partial charge in [0.05, 0.1) is 25.5 Å². The number of rotatable bonds is 5. The van der Waals surface area contributed by atoms with Crippen LogP contribution < -0.4 is 4.90 Å². The van der Waals surface area contributed by atoms with E-state index >= 15 is 0 Å². The molecule has 7 heteroatoms. The molecule has 0 unspecified atom stereocenters. The number of aromatic nitrogens is 3. The van der Waals surface area contributed by atoms with Gasteiger partial charge in [-0.2, -0.15) is 14.7 Å². The van der Waals surface area contributed by atoms with E-state index in [4.69, 9.17) is 14.8 Å². The molecule has 3 heterocycles. The molecule has 1 saturated heterocycles. The molecule has 1 fully saturated rings. The topological polar surface area (TPSA) is 67.4 Å². The van der Waals surface area contributed by atoms with Crippen molar-refractivity contribution in [3.8, 4) is 11.3 Å². The zero-order valence-electron chi connectivity index (χ0n) is 18.4.